The van der Waals surface area contributed by atoms with E-state index in [9.17, 15) is 4.79 Å². The molecule has 0 saturated carbocycles. The van der Waals surface area contributed by atoms with Gasteiger partial charge in [0.25, 0.3) is 0 Å². The van der Waals surface area contributed by atoms with Crippen LogP contribution in [0.1, 0.15) is 39.0 Å². The van der Waals surface area contributed by atoms with Crippen LogP contribution in [0.4, 0.5) is 0 Å². The fourth-order valence-corrected chi connectivity index (χ4v) is 3.26. The van der Waals surface area contributed by atoms with Crippen LogP contribution in [0, 0.1) is 13.8 Å². The summed E-state index contributed by atoms with van der Waals surface area (Å²) in [4.78, 5) is 12.9. The monoisotopic (exact) mass is 322 g/mol. The molecule has 0 N–H and O–H groups in total. The predicted octanol–water partition coefficient (Wildman–Crippen LogP) is 4.53. The zero-order chi connectivity index (χ0) is 17.3. The summed E-state index contributed by atoms with van der Waals surface area (Å²) in [5.74, 6) is 1.35. The van der Waals surface area contributed by atoms with Crippen molar-refractivity contribution in [2.45, 2.75) is 26.7 Å². The standard InChI is InChI=1S/C21H22O3/c1-13-6-5-7-14(2)17(13)10-16-9-8-15-11-19(23-3)20(24-4)12-18(15)21(16)22/h5-7,10-12H,8-9H2,1-4H3/b16-10+. The normalized spacial score (nSPS) is 15.3. The molecule has 2 aromatic carbocycles. The fraction of sp³-hybridized carbons (Fsp3) is 0.286. The molecule has 0 spiro atoms. The number of benzene rings is 2. The number of hydrogen-bond acceptors (Lipinski definition) is 3. The summed E-state index contributed by atoms with van der Waals surface area (Å²) in [6.07, 6.45) is 3.62. The van der Waals surface area contributed by atoms with Crippen molar-refractivity contribution in [3.05, 3.63) is 63.7 Å². The average molecular weight is 322 g/mol. The van der Waals surface area contributed by atoms with Crippen molar-refractivity contribution in [1.29, 1.82) is 0 Å². The van der Waals surface area contributed by atoms with E-state index in [2.05, 4.69) is 26.0 Å². The van der Waals surface area contributed by atoms with E-state index in [1.807, 2.05) is 18.2 Å². The maximum absolute atomic E-state index is 12.9. The molecule has 0 aliphatic heterocycles. The number of methoxy groups -OCH3 is 2. The zero-order valence-corrected chi connectivity index (χ0v) is 14.6. The fourth-order valence-electron chi connectivity index (χ4n) is 3.26. The minimum Gasteiger partial charge on any atom is -0.493 e. The Bertz CT molecular complexity index is 811. The number of Topliss-reactive ketones (excluding diaryl/α,β-unsaturated/α-hetero) is 1. The van der Waals surface area contributed by atoms with E-state index in [4.69, 9.17) is 9.47 Å². The Morgan fingerprint density at radius 3 is 2.21 bits per heavy atom. The van der Waals surface area contributed by atoms with Gasteiger partial charge in [0.2, 0.25) is 0 Å². The van der Waals surface area contributed by atoms with Gasteiger partial charge in [-0.2, -0.15) is 0 Å². The Kier molecular flexibility index (Phi) is 4.43. The lowest BCUT2D eigenvalue weighted by Gasteiger charge is -2.20. The molecule has 0 unspecified atom stereocenters. The highest BCUT2D eigenvalue weighted by molar-refractivity contribution is 6.13. The van der Waals surface area contributed by atoms with Crippen LogP contribution in [0.5, 0.6) is 11.5 Å². The van der Waals surface area contributed by atoms with E-state index in [1.54, 1.807) is 20.3 Å². The van der Waals surface area contributed by atoms with Crippen molar-refractivity contribution in [3.8, 4) is 11.5 Å². The number of fused-ring (bicyclic) bond motifs is 1. The summed E-state index contributed by atoms with van der Waals surface area (Å²) in [6, 6.07) is 9.92. The molecule has 0 saturated heterocycles. The topological polar surface area (TPSA) is 35.5 Å². The molecule has 0 fully saturated rings. The molecule has 2 aromatic rings. The SMILES string of the molecule is COc1cc2c(cc1OC)C(=O)/C(=C/c1c(C)cccc1C)CC2. The summed E-state index contributed by atoms with van der Waals surface area (Å²) in [6.45, 7) is 4.16. The molecule has 3 rings (SSSR count). The molecule has 0 bridgehead atoms. The van der Waals surface area contributed by atoms with Crippen molar-refractivity contribution >= 4 is 11.9 Å². The Labute approximate surface area is 142 Å². The van der Waals surface area contributed by atoms with Gasteiger partial charge >= 0.3 is 0 Å². The van der Waals surface area contributed by atoms with Crippen LogP contribution in [0.2, 0.25) is 0 Å². The number of rotatable bonds is 3. The van der Waals surface area contributed by atoms with E-state index >= 15 is 0 Å². The second-order valence-corrected chi connectivity index (χ2v) is 6.17. The first kappa shape index (κ1) is 16.3. The maximum atomic E-state index is 12.9. The molecule has 0 amide bonds. The molecule has 124 valence electrons. The van der Waals surface area contributed by atoms with E-state index in [0.29, 0.717) is 11.5 Å². The predicted molar refractivity (Wildman–Crippen MR) is 96.1 cm³/mol. The number of allylic oxidation sites excluding steroid dienone is 1. The highest BCUT2D eigenvalue weighted by atomic mass is 16.5. The highest BCUT2D eigenvalue weighted by Crippen LogP contribution is 2.36. The summed E-state index contributed by atoms with van der Waals surface area (Å²) < 4.78 is 10.7. The van der Waals surface area contributed by atoms with Crippen LogP contribution in [0.3, 0.4) is 0 Å². The second-order valence-electron chi connectivity index (χ2n) is 6.17. The second kappa shape index (κ2) is 6.52. The van der Waals surface area contributed by atoms with Gasteiger partial charge in [0.1, 0.15) is 0 Å². The Balaban J connectivity index is 2.05. The van der Waals surface area contributed by atoms with Gasteiger partial charge in [-0.1, -0.05) is 18.2 Å². The van der Waals surface area contributed by atoms with Crippen molar-refractivity contribution in [2.75, 3.05) is 14.2 Å². The largest absolute Gasteiger partial charge is 0.493 e. The Morgan fingerprint density at radius 2 is 1.58 bits per heavy atom. The number of carbonyl (C=O) groups excluding carboxylic acids is 1. The van der Waals surface area contributed by atoms with Gasteiger partial charge in [-0.15, -0.1) is 0 Å². The first-order valence-corrected chi connectivity index (χ1v) is 8.11. The summed E-state index contributed by atoms with van der Waals surface area (Å²) in [5, 5.41) is 0. The lowest BCUT2D eigenvalue weighted by Crippen LogP contribution is -2.15. The van der Waals surface area contributed by atoms with Gasteiger partial charge in [0.05, 0.1) is 14.2 Å². The Morgan fingerprint density at radius 1 is 0.958 bits per heavy atom. The number of ketones is 1. The molecule has 1 aliphatic carbocycles. The van der Waals surface area contributed by atoms with Crippen LogP contribution >= 0.6 is 0 Å². The van der Waals surface area contributed by atoms with E-state index < -0.39 is 0 Å². The number of ether oxygens (including phenoxy) is 2. The minimum atomic E-state index is 0.0832. The third-order valence-electron chi connectivity index (χ3n) is 4.67. The van der Waals surface area contributed by atoms with Gasteiger partial charge in [-0.05, 0) is 67.2 Å². The average Bonchev–Trinajstić information content (AvgIpc) is 2.59. The number of aryl methyl sites for hydroxylation is 3. The molecule has 0 heterocycles. The molecule has 0 aromatic heterocycles. The summed E-state index contributed by atoms with van der Waals surface area (Å²) >= 11 is 0. The summed E-state index contributed by atoms with van der Waals surface area (Å²) in [7, 11) is 3.20. The first-order chi connectivity index (χ1) is 11.5. The van der Waals surface area contributed by atoms with Crippen molar-refractivity contribution in [1.82, 2.24) is 0 Å². The highest BCUT2D eigenvalue weighted by Gasteiger charge is 2.24. The van der Waals surface area contributed by atoms with Crippen molar-refractivity contribution in [3.63, 3.8) is 0 Å². The maximum Gasteiger partial charge on any atom is 0.189 e. The molecular weight excluding hydrogens is 300 g/mol. The van der Waals surface area contributed by atoms with Crippen LogP contribution in [-0.4, -0.2) is 20.0 Å². The zero-order valence-electron chi connectivity index (χ0n) is 14.6. The Hall–Kier alpha value is -2.55. The number of carbonyl (C=O) groups is 1. The smallest absolute Gasteiger partial charge is 0.189 e. The molecule has 1 aliphatic rings. The molecular formula is C21H22O3. The van der Waals surface area contributed by atoms with Gasteiger partial charge in [0, 0.05) is 11.1 Å². The van der Waals surface area contributed by atoms with Crippen LogP contribution in [-0.2, 0) is 6.42 Å². The minimum absolute atomic E-state index is 0.0832. The summed E-state index contributed by atoms with van der Waals surface area (Å²) in [5.41, 5.74) is 6.12. The van der Waals surface area contributed by atoms with E-state index in [-0.39, 0.29) is 5.78 Å². The van der Waals surface area contributed by atoms with Crippen LogP contribution in [0.15, 0.2) is 35.9 Å². The van der Waals surface area contributed by atoms with Crippen LogP contribution < -0.4 is 9.47 Å². The number of hydrogen-bond donors (Lipinski definition) is 0. The lowest BCUT2D eigenvalue weighted by molar-refractivity contribution is 0.102. The van der Waals surface area contributed by atoms with Gasteiger partial charge < -0.3 is 9.47 Å². The van der Waals surface area contributed by atoms with Gasteiger partial charge in [-0.25, -0.2) is 0 Å². The van der Waals surface area contributed by atoms with Gasteiger partial charge in [0.15, 0.2) is 17.3 Å². The quantitative estimate of drug-likeness (QED) is 0.779. The lowest BCUT2D eigenvalue weighted by atomic mass is 9.85. The third kappa shape index (κ3) is 2.82. The van der Waals surface area contributed by atoms with Gasteiger partial charge in [-0.3, -0.25) is 4.79 Å². The molecule has 0 atom stereocenters. The first-order valence-electron chi connectivity index (χ1n) is 8.11. The molecule has 0 radical (unpaired) electrons. The van der Waals surface area contributed by atoms with Crippen molar-refractivity contribution in [2.24, 2.45) is 0 Å². The van der Waals surface area contributed by atoms with Crippen molar-refractivity contribution < 1.29 is 14.3 Å². The van der Waals surface area contributed by atoms with E-state index in [1.165, 1.54) is 11.1 Å². The third-order valence-corrected chi connectivity index (χ3v) is 4.67. The molecule has 3 nitrogen and oxygen atoms in total. The van der Waals surface area contributed by atoms with Crippen LogP contribution in [0.25, 0.3) is 6.08 Å². The molecule has 24 heavy (non-hydrogen) atoms. The van der Waals surface area contributed by atoms with E-state index in [0.717, 1.165) is 35.1 Å². The molecule has 3 heteroatoms.